The van der Waals surface area contributed by atoms with Crippen molar-refractivity contribution in [3.05, 3.63) is 35.6 Å². The molecule has 162 valence electrons. The van der Waals surface area contributed by atoms with Crippen LogP contribution in [0.2, 0.25) is 0 Å². The second-order valence-corrected chi connectivity index (χ2v) is 9.25. The Morgan fingerprint density at radius 3 is 1.83 bits per heavy atom. The number of halogens is 1. The quantitative estimate of drug-likeness (QED) is 0.824. The molecular weight excluding hydrogens is 377 g/mol. The Kier molecular flexibility index (Phi) is 7.11. The van der Waals surface area contributed by atoms with Gasteiger partial charge in [-0.2, -0.15) is 0 Å². The van der Waals surface area contributed by atoms with Gasteiger partial charge < -0.3 is 14.8 Å². The zero-order valence-electron chi connectivity index (χ0n) is 18.1. The molecule has 0 aliphatic carbocycles. The van der Waals surface area contributed by atoms with E-state index in [9.17, 15) is 14.0 Å². The molecule has 0 radical (unpaired) electrons. The van der Waals surface area contributed by atoms with E-state index in [1.54, 1.807) is 53.7 Å². The molecule has 7 nitrogen and oxygen atoms in total. The fraction of sp³-hybridized carbons (Fsp3) is 0.619. The number of hydrogen-bond acceptors (Lipinski definition) is 5. The van der Waals surface area contributed by atoms with Crippen LogP contribution in [0, 0.1) is 5.82 Å². The van der Waals surface area contributed by atoms with Gasteiger partial charge in [0.05, 0.1) is 0 Å². The van der Waals surface area contributed by atoms with Crippen molar-refractivity contribution >= 4 is 12.2 Å². The summed E-state index contributed by atoms with van der Waals surface area (Å²) in [5, 5.41) is 3.33. The van der Waals surface area contributed by atoms with E-state index in [0.717, 1.165) is 5.56 Å². The summed E-state index contributed by atoms with van der Waals surface area (Å²) in [6.07, 6.45) is -0.973. The maximum absolute atomic E-state index is 13.1. The van der Waals surface area contributed by atoms with Gasteiger partial charge in [0, 0.05) is 25.7 Å². The molecule has 0 bridgehead atoms. The van der Waals surface area contributed by atoms with Crippen molar-refractivity contribution in [1.82, 2.24) is 15.1 Å². The third kappa shape index (κ3) is 7.89. The maximum Gasteiger partial charge on any atom is 0.411 e. The summed E-state index contributed by atoms with van der Waals surface area (Å²) in [5.74, 6) is -0.293. The number of rotatable bonds is 3. The number of benzene rings is 1. The third-order valence-corrected chi connectivity index (χ3v) is 4.03. The largest absolute Gasteiger partial charge is 0.444 e. The Labute approximate surface area is 172 Å². The number of nitrogens with one attached hydrogen (secondary N) is 1. The van der Waals surface area contributed by atoms with Crippen LogP contribution in [-0.2, 0) is 16.0 Å². The van der Waals surface area contributed by atoms with Crippen LogP contribution in [0.1, 0.15) is 47.1 Å². The number of hydrogen-bond donors (Lipinski definition) is 1. The molecule has 1 aliphatic rings. The second kappa shape index (κ2) is 8.98. The topological polar surface area (TPSA) is 71.1 Å². The van der Waals surface area contributed by atoms with Crippen molar-refractivity contribution in [1.29, 1.82) is 0 Å². The van der Waals surface area contributed by atoms with Crippen molar-refractivity contribution < 1.29 is 23.5 Å². The summed E-state index contributed by atoms with van der Waals surface area (Å²) in [6, 6.07) is 6.01. The minimum absolute atomic E-state index is 0.0958. The third-order valence-electron chi connectivity index (χ3n) is 4.03. The first kappa shape index (κ1) is 22.9. The first-order valence-electron chi connectivity index (χ1n) is 9.76. The lowest BCUT2D eigenvalue weighted by Gasteiger charge is -2.41. The van der Waals surface area contributed by atoms with Gasteiger partial charge in [-0.3, -0.25) is 9.80 Å². The number of nitrogens with zero attached hydrogens (tertiary/aromatic N) is 2. The smallest absolute Gasteiger partial charge is 0.411 e. The van der Waals surface area contributed by atoms with Crippen LogP contribution < -0.4 is 5.32 Å². The molecule has 29 heavy (non-hydrogen) atoms. The zero-order valence-corrected chi connectivity index (χ0v) is 18.1. The van der Waals surface area contributed by atoms with Crippen LogP contribution in [0.5, 0.6) is 0 Å². The van der Waals surface area contributed by atoms with E-state index >= 15 is 0 Å². The lowest BCUT2D eigenvalue weighted by Crippen LogP contribution is -2.60. The number of carbonyl (C=O) groups excluding carboxylic acids is 2. The molecule has 0 atom stereocenters. The average Bonchev–Trinajstić information content (AvgIpc) is 2.58. The molecule has 1 aromatic carbocycles. The highest BCUT2D eigenvalue weighted by Gasteiger charge is 2.35. The van der Waals surface area contributed by atoms with Crippen molar-refractivity contribution in [2.75, 3.05) is 19.8 Å². The average molecular weight is 410 g/mol. The molecule has 0 saturated carbocycles. The van der Waals surface area contributed by atoms with Crippen molar-refractivity contribution in [2.24, 2.45) is 0 Å². The van der Waals surface area contributed by atoms with Crippen LogP contribution in [0.25, 0.3) is 0 Å². The lowest BCUT2D eigenvalue weighted by molar-refractivity contribution is -0.0187. The normalized spacial score (nSPS) is 16.0. The summed E-state index contributed by atoms with van der Waals surface area (Å²) in [5.41, 5.74) is -0.366. The van der Waals surface area contributed by atoms with Crippen molar-refractivity contribution in [2.45, 2.75) is 65.3 Å². The molecule has 1 heterocycles. The molecule has 0 spiro atoms. The van der Waals surface area contributed by atoms with E-state index in [4.69, 9.17) is 9.47 Å². The lowest BCUT2D eigenvalue weighted by atomic mass is 10.1. The van der Waals surface area contributed by atoms with Crippen LogP contribution in [-0.4, -0.2) is 59.0 Å². The molecule has 1 saturated heterocycles. The Morgan fingerprint density at radius 2 is 1.41 bits per heavy atom. The number of ether oxygens (including phenoxy) is 2. The van der Waals surface area contributed by atoms with E-state index in [2.05, 4.69) is 5.32 Å². The van der Waals surface area contributed by atoms with Gasteiger partial charge in [-0.1, -0.05) is 12.1 Å². The van der Waals surface area contributed by atoms with Crippen LogP contribution in [0.3, 0.4) is 0 Å². The SMILES string of the molecule is CC(C)(C)OC(=O)N1CC(NCc2ccc(F)cc2)CN(C(=O)OC(C)(C)C)C1. The molecule has 0 aromatic heterocycles. The summed E-state index contributed by atoms with van der Waals surface area (Å²) < 4.78 is 24.0. The van der Waals surface area contributed by atoms with E-state index in [-0.39, 0.29) is 18.5 Å². The number of amides is 2. The molecule has 2 rings (SSSR count). The Bertz CT molecular complexity index is 674. The fourth-order valence-electron chi connectivity index (χ4n) is 2.82. The Hall–Kier alpha value is -2.35. The monoisotopic (exact) mass is 409 g/mol. The molecule has 2 amide bonds. The van der Waals surface area contributed by atoms with E-state index in [0.29, 0.717) is 19.6 Å². The van der Waals surface area contributed by atoms with Crippen molar-refractivity contribution in [3.63, 3.8) is 0 Å². The Morgan fingerprint density at radius 1 is 0.966 bits per heavy atom. The van der Waals surface area contributed by atoms with Gasteiger partial charge in [0.2, 0.25) is 0 Å². The Balaban J connectivity index is 2.08. The van der Waals surface area contributed by atoms with Gasteiger partial charge in [0.1, 0.15) is 23.7 Å². The van der Waals surface area contributed by atoms with Gasteiger partial charge in [0.15, 0.2) is 0 Å². The van der Waals surface area contributed by atoms with Crippen LogP contribution >= 0.6 is 0 Å². The molecule has 1 aliphatic heterocycles. The van der Waals surface area contributed by atoms with Gasteiger partial charge in [-0.15, -0.1) is 0 Å². The summed E-state index contributed by atoms with van der Waals surface area (Å²) in [7, 11) is 0. The maximum atomic E-state index is 13.1. The van der Waals surface area contributed by atoms with Gasteiger partial charge in [0.25, 0.3) is 0 Å². The first-order valence-corrected chi connectivity index (χ1v) is 9.76. The van der Waals surface area contributed by atoms with Crippen LogP contribution in [0.4, 0.5) is 14.0 Å². The second-order valence-electron chi connectivity index (χ2n) is 9.25. The highest BCUT2D eigenvalue weighted by Crippen LogP contribution is 2.17. The van der Waals surface area contributed by atoms with Gasteiger partial charge >= 0.3 is 12.2 Å². The summed E-state index contributed by atoms with van der Waals surface area (Å²) in [4.78, 5) is 28.1. The highest BCUT2D eigenvalue weighted by molar-refractivity contribution is 5.71. The number of carbonyl (C=O) groups is 2. The van der Waals surface area contributed by atoms with E-state index in [1.165, 1.54) is 21.9 Å². The first-order chi connectivity index (χ1) is 13.3. The molecule has 1 fully saturated rings. The fourth-order valence-corrected chi connectivity index (χ4v) is 2.82. The molecular formula is C21H32FN3O4. The standard InChI is InChI=1S/C21H32FN3O4/c1-20(2,3)28-18(26)24-12-17(23-11-15-7-9-16(22)10-8-15)13-25(14-24)19(27)29-21(4,5)6/h7-10,17,23H,11-14H2,1-6H3. The molecule has 8 heteroatoms. The minimum atomic E-state index is -0.637. The predicted octanol–water partition coefficient (Wildman–Crippen LogP) is 3.73. The van der Waals surface area contributed by atoms with Crippen LogP contribution in [0.15, 0.2) is 24.3 Å². The summed E-state index contributed by atoms with van der Waals surface area (Å²) >= 11 is 0. The minimum Gasteiger partial charge on any atom is -0.444 e. The van der Waals surface area contributed by atoms with Gasteiger partial charge in [-0.25, -0.2) is 14.0 Å². The molecule has 1 N–H and O–H groups in total. The van der Waals surface area contributed by atoms with E-state index in [1.807, 2.05) is 0 Å². The molecule has 1 aromatic rings. The predicted molar refractivity (Wildman–Crippen MR) is 108 cm³/mol. The van der Waals surface area contributed by atoms with E-state index < -0.39 is 23.4 Å². The highest BCUT2D eigenvalue weighted by atomic mass is 19.1. The zero-order chi connectivity index (χ0) is 21.8. The molecule has 0 unspecified atom stereocenters. The summed E-state index contributed by atoms with van der Waals surface area (Å²) in [6.45, 7) is 12.1. The van der Waals surface area contributed by atoms with Crippen molar-refractivity contribution in [3.8, 4) is 0 Å². The van der Waals surface area contributed by atoms with Gasteiger partial charge in [-0.05, 0) is 59.2 Å².